The van der Waals surface area contributed by atoms with Gasteiger partial charge in [-0.05, 0) is 37.1 Å². The van der Waals surface area contributed by atoms with Crippen molar-refractivity contribution >= 4 is 49.0 Å². The average molecular weight is 598 g/mol. The maximum absolute atomic E-state index is 13.6. The Morgan fingerprint density at radius 2 is 1.69 bits per heavy atom. The SMILES string of the molecule is CC(C)C(=O)Nc1nc(OC(=O)N(c2ccccc2)c2ccccc2)c2ncn([C@H]3CC[C@@H](CO)O3)c2n1.NP(O)O. The summed E-state index contributed by atoms with van der Waals surface area (Å²) in [6, 6.07) is 18.2. The molecule has 15 heteroatoms. The van der Waals surface area contributed by atoms with E-state index in [1.165, 1.54) is 11.2 Å². The summed E-state index contributed by atoms with van der Waals surface area (Å²) in [6.07, 6.45) is 1.42. The first-order valence-corrected chi connectivity index (χ1v) is 14.4. The molecule has 0 saturated carbocycles. The van der Waals surface area contributed by atoms with E-state index in [2.05, 4.69) is 25.8 Å². The molecule has 1 aliphatic heterocycles. The highest BCUT2D eigenvalue weighted by molar-refractivity contribution is 7.42. The molecule has 1 fully saturated rings. The topological polar surface area (TPSA) is 198 Å². The highest BCUT2D eigenvalue weighted by Gasteiger charge is 2.30. The van der Waals surface area contributed by atoms with Gasteiger partial charge in [0.1, 0.15) is 6.23 Å². The zero-order valence-electron chi connectivity index (χ0n) is 22.9. The van der Waals surface area contributed by atoms with Gasteiger partial charge in [0, 0.05) is 5.92 Å². The van der Waals surface area contributed by atoms with Gasteiger partial charge in [0.25, 0.3) is 5.88 Å². The summed E-state index contributed by atoms with van der Waals surface area (Å²) in [4.78, 5) is 55.6. The Balaban J connectivity index is 0.000000952. The number of nitrogens with two attached hydrogens (primary N) is 1. The number of nitrogens with one attached hydrogen (secondary N) is 1. The third-order valence-corrected chi connectivity index (χ3v) is 6.14. The molecule has 14 nitrogen and oxygen atoms in total. The van der Waals surface area contributed by atoms with E-state index in [4.69, 9.17) is 19.3 Å². The van der Waals surface area contributed by atoms with Crippen LogP contribution in [0.15, 0.2) is 67.0 Å². The monoisotopic (exact) mass is 597 g/mol. The van der Waals surface area contributed by atoms with Crippen molar-refractivity contribution in [2.24, 2.45) is 11.4 Å². The number of amides is 2. The zero-order chi connectivity index (χ0) is 30.2. The van der Waals surface area contributed by atoms with E-state index in [1.807, 2.05) is 36.4 Å². The summed E-state index contributed by atoms with van der Waals surface area (Å²) in [6.45, 7) is 3.40. The minimum atomic E-state index is -2.12. The molecule has 5 rings (SSSR count). The van der Waals surface area contributed by atoms with Crippen LogP contribution in [-0.2, 0) is 9.53 Å². The molecule has 2 amide bonds. The van der Waals surface area contributed by atoms with Gasteiger partial charge < -0.3 is 24.4 Å². The fraction of sp³-hybridized carbons (Fsp3) is 0.296. The quantitative estimate of drug-likeness (QED) is 0.195. The van der Waals surface area contributed by atoms with Gasteiger partial charge in [-0.1, -0.05) is 50.2 Å². The molecule has 222 valence electrons. The number of hydrogen-bond acceptors (Lipinski definition) is 11. The van der Waals surface area contributed by atoms with Crippen molar-refractivity contribution in [3.63, 3.8) is 0 Å². The molecule has 0 bridgehead atoms. The lowest BCUT2D eigenvalue weighted by Gasteiger charge is -2.22. The average Bonchev–Trinajstić information content (AvgIpc) is 3.61. The lowest BCUT2D eigenvalue weighted by molar-refractivity contribution is -0.118. The third-order valence-electron chi connectivity index (χ3n) is 6.14. The molecule has 1 aliphatic rings. The second-order valence-electron chi connectivity index (χ2n) is 9.49. The van der Waals surface area contributed by atoms with E-state index >= 15 is 0 Å². The van der Waals surface area contributed by atoms with Crippen LogP contribution in [0.4, 0.5) is 22.1 Å². The van der Waals surface area contributed by atoms with Crippen molar-refractivity contribution in [2.45, 2.75) is 39.0 Å². The fourth-order valence-corrected chi connectivity index (χ4v) is 4.15. The van der Waals surface area contributed by atoms with Gasteiger partial charge in [-0.15, -0.1) is 0 Å². The number of benzene rings is 2. The van der Waals surface area contributed by atoms with Crippen molar-refractivity contribution in [2.75, 3.05) is 16.8 Å². The van der Waals surface area contributed by atoms with E-state index in [9.17, 15) is 14.7 Å². The fourth-order valence-electron chi connectivity index (χ4n) is 4.15. The van der Waals surface area contributed by atoms with Crippen molar-refractivity contribution in [3.05, 3.63) is 67.0 Å². The molecule has 6 N–H and O–H groups in total. The van der Waals surface area contributed by atoms with E-state index < -0.39 is 20.8 Å². The van der Waals surface area contributed by atoms with Crippen molar-refractivity contribution in [3.8, 4) is 5.88 Å². The lowest BCUT2D eigenvalue weighted by Crippen LogP contribution is -2.29. The minimum Gasteiger partial charge on any atom is -0.394 e. The summed E-state index contributed by atoms with van der Waals surface area (Å²) < 4.78 is 13.4. The highest BCUT2D eigenvalue weighted by Crippen LogP contribution is 2.33. The molecule has 1 saturated heterocycles. The third kappa shape index (κ3) is 7.62. The largest absolute Gasteiger partial charge is 0.425 e. The van der Waals surface area contributed by atoms with E-state index in [1.54, 1.807) is 42.7 Å². The summed E-state index contributed by atoms with van der Waals surface area (Å²) in [5.41, 5.74) is 6.05. The van der Waals surface area contributed by atoms with Gasteiger partial charge in [0.05, 0.1) is 30.4 Å². The summed E-state index contributed by atoms with van der Waals surface area (Å²) in [5.74, 6) is -0.740. The number of aliphatic hydroxyl groups excluding tert-OH is 1. The number of aromatic nitrogens is 4. The highest BCUT2D eigenvalue weighted by atomic mass is 31.2. The number of aliphatic hydroxyl groups is 1. The van der Waals surface area contributed by atoms with Crippen LogP contribution in [0.5, 0.6) is 5.88 Å². The van der Waals surface area contributed by atoms with Gasteiger partial charge in [-0.25, -0.2) is 14.7 Å². The first kappa shape index (κ1) is 30.9. The van der Waals surface area contributed by atoms with Gasteiger partial charge in [-0.2, -0.15) is 9.97 Å². The van der Waals surface area contributed by atoms with Crippen molar-refractivity contribution in [1.29, 1.82) is 0 Å². The first-order valence-electron chi connectivity index (χ1n) is 13.0. The number of nitrogens with zero attached hydrogens (tertiary/aromatic N) is 5. The van der Waals surface area contributed by atoms with Crippen LogP contribution in [0, 0.1) is 5.92 Å². The van der Waals surface area contributed by atoms with Gasteiger partial charge >= 0.3 is 6.09 Å². The maximum atomic E-state index is 13.6. The number of fused-ring (bicyclic) bond motifs is 1. The van der Waals surface area contributed by atoms with Crippen LogP contribution < -0.4 is 20.5 Å². The van der Waals surface area contributed by atoms with Crippen LogP contribution in [0.3, 0.4) is 0 Å². The molecule has 2 atom stereocenters. The molecule has 4 aromatic rings. The molecule has 0 aliphatic carbocycles. The predicted molar refractivity (Wildman–Crippen MR) is 156 cm³/mol. The Bertz CT molecular complexity index is 1450. The lowest BCUT2D eigenvalue weighted by atomic mass is 10.2. The number of para-hydroxylation sites is 2. The number of ether oxygens (including phenoxy) is 2. The maximum Gasteiger partial charge on any atom is 0.425 e. The number of hydrogen-bond donors (Lipinski definition) is 5. The molecule has 0 spiro atoms. The van der Waals surface area contributed by atoms with E-state index in [0.717, 1.165) is 0 Å². The first-order chi connectivity index (χ1) is 20.2. The second kappa shape index (κ2) is 14.2. The minimum absolute atomic E-state index is 0.0246. The van der Waals surface area contributed by atoms with E-state index in [0.29, 0.717) is 29.9 Å². The Morgan fingerprint density at radius 3 is 2.21 bits per heavy atom. The molecular formula is C27H32N7O7P. The summed E-state index contributed by atoms with van der Waals surface area (Å²) in [5, 5.41) is 12.2. The van der Waals surface area contributed by atoms with Crippen LogP contribution in [0.2, 0.25) is 0 Å². The number of anilines is 3. The van der Waals surface area contributed by atoms with Crippen LogP contribution in [0.25, 0.3) is 11.2 Å². The smallest absolute Gasteiger partial charge is 0.394 e. The second-order valence-corrected chi connectivity index (χ2v) is 10.1. The summed E-state index contributed by atoms with van der Waals surface area (Å²) >= 11 is 0. The Labute approximate surface area is 242 Å². The Hall–Kier alpha value is -4.04. The molecule has 3 heterocycles. The Morgan fingerprint density at radius 1 is 1.10 bits per heavy atom. The molecule has 2 aromatic carbocycles. The van der Waals surface area contributed by atoms with Crippen molar-refractivity contribution < 1.29 is 34.0 Å². The standard InChI is InChI=1S/C27H28N6O5.H4NO2P/c1-17(2)24(35)30-26-29-23-22(28-16-32(23)21-14-13-20(15-34)37-21)25(31-26)38-27(36)33(18-9-5-3-6-10-18)19-11-7-4-8-12-19;1-4(2)3/h3-12,16-17,20-21,34H,13-15H2,1-2H3,(H,29,30,31,35);2-3H,1H2/t20-,21+;/m0./s1. The number of rotatable bonds is 7. The Kier molecular flexibility index (Phi) is 10.5. The number of carbonyl (C=O) groups is 2. The zero-order valence-corrected chi connectivity index (χ0v) is 23.8. The molecule has 0 unspecified atom stereocenters. The molecule has 42 heavy (non-hydrogen) atoms. The normalized spacial score (nSPS) is 16.3. The van der Waals surface area contributed by atoms with Crippen LogP contribution in [-0.4, -0.2) is 59.1 Å². The summed E-state index contributed by atoms with van der Waals surface area (Å²) in [7, 11) is -2.12. The van der Waals surface area contributed by atoms with Gasteiger partial charge in [0.2, 0.25) is 20.4 Å². The molecule has 2 aromatic heterocycles. The predicted octanol–water partition coefficient (Wildman–Crippen LogP) is 3.58. The van der Waals surface area contributed by atoms with Gasteiger partial charge in [-0.3, -0.25) is 20.2 Å². The number of imidazole rings is 1. The van der Waals surface area contributed by atoms with Crippen LogP contribution >= 0.6 is 8.53 Å². The van der Waals surface area contributed by atoms with Crippen molar-refractivity contribution in [1.82, 2.24) is 19.5 Å². The molecular weight excluding hydrogens is 565 g/mol. The van der Waals surface area contributed by atoms with E-state index in [-0.39, 0.29) is 41.9 Å². The molecule has 0 radical (unpaired) electrons. The van der Waals surface area contributed by atoms with Crippen LogP contribution in [0.1, 0.15) is 32.9 Å². The number of carbonyl (C=O) groups excluding carboxylic acids is 2. The van der Waals surface area contributed by atoms with Gasteiger partial charge in [0.15, 0.2) is 11.2 Å².